The summed E-state index contributed by atoms with van der Waals surface area (Å²) in [7, 11) is 0. The van der Waals surface area contributed by atoms with E-state index in [2.05, 4.69) is 10.6 Å². The number of carbonyl (C=O) groups is 1. The van der Waals surface area contributed by atoms with Gasteiger partial charge in [-0.15, -0.1) is 0 Å². The van der Waals surface area contributed by atoms with Crippen LogP contribution in [0.4, 0.5) is 18.9 Å². The Morgan fingerprint density at radius 3 is 2.62 bits per heavy atom. The molecule has 5 N–H and O–H groups in total. The van der Waals surface area contributed by atoms with Crippen molar-refractivity contribution in [1.82, 2.24) is 5.32 Å². The first-order valence-electron chi connectivity index (χ1n) is 5.85. The number of carboxylic acids is 1. The quantitative estimate of drug-likeness (QED) is 0.592. The molecule has 0 saturated heterocycles. The predicted molar refractivity (Wildman–Crippen MR) is 68.3 cm³/mol. The summed E-state index contributed by atoms with van der Waals surface area (Å²) in [5.74, 6) is -1.83. The van der Waals surface area contributed by atoms with Gasteiger partial charge in [-0.05, 0) is 12.1 Å². The highest BCUT2D eigenvalue weighted by Crippen LogP contribution is 2.32. The van der Waals surface area contributed by atoms with Crippen LogP contribution >= 0.6 is 0 Å². The minimum absolute atomic E-state index is 0.191. The van der Waals surface area contributed by atoms with E-state index in [1.165, 1.54) is 0 Å². The molecule has 0 aliphatic carbocycles. The van der Waals surface area contributed by atoms with Crippen LogP contribution in [0.5, 0.6) is 0 Å². The highest BCUT2D eigenvalue weighted by molar-refractivity contribution is 5.92. The van der Waals surface area contributed by atoms with Crippen LogP contribution < -0.4 is 16.4 Å². The Kier molecular flexibility index (Phi) is 4.05. The van der Waals surface area contributed by atoms with Crippen molar-refractivity contribution in [2.24, 2.45) is 5.73 Å². The number of benzene rings is 1. The van der Waals surface area contributed by atoms with E-state index in [1.807, 2.05) is 24.3 Å². The second kappa shape index (κ2) is 5.62. The summed E-state index contributed by atoms with van der Waals surface area (Å²) in [6.45, 7) is 0.679. The highest BCUT2D eigenvalue weighted by Gasteiger charge is 2.38. The lowest BCUT2D eigenvalue weighted by atomic mass is 10.2. The van der Waals surface area contributed by atoms with Gasteiger partial charge in [0.25, 0.3) is 0 Å². The molecule has 0 spiro atoms. The molecule has 1 aromatic carbocycles. The Hall–Kier alpha value is -2.26. The number of rotatable bonds is 0. The molecule has 3 rings (SSSR count). The molecular weight excluding hydrogens is 291 g/mol. The standard InChI is InChI=1S/C10H11N3O.C2HF3O2/c11-10-12-5-8-9(13-10)6-3-1-2-4-7(6)14-8;3-2(4,5)1(6)7/h1-4,10,12-13H,5,11H2;(H,6,7). The number of nitrogens with two attached hydrogens (primary N) is 1. The summed E-state index contributed by atoms with van der Waals surface area (Å²) >= 11 is 0. The Balaban J connectivity index is 0.000000199. The average molecular weight is 303 g/mol. The first-order valence-corrected chi connectivity index (χ1v) is 5.85. The lowest BCUT2D eigenvalue weighted by molar-refractivity contribution is -0.192. The number of alkyl halides is 3. The van der Waals surface area contributed by atoms with E-state index < -0.39 is 12.1 Å². The van der Waals surface area contributed by atoms with E-state index in [0.29, 0.717) is 6.54 Å². The van der Waals surface area contributed by atoms with Crippen molar-refractivity contribution in [1.29, 1.82) is 0 Å². The summed E-state index contributed by atoms with van der Waals surface area (Å²) < 4.78 is 37.4. The van der Waals surface area contributed by atoms with Gasteiger partial charge in [-0.2, -0.15) is 13.2 Å². The van der Waals surface area contributed by atoms with E-state index in [-0.39, 0.29) is 6.29 Å². The van der Waals surface area contributed by atoms with E-state index in [1.54, 1.807) is 0 Å². The van der Waals surface area contributed by atoms with Crippen molar-refractivity contribution in [3.8, 4) is 0 Å². The Morgan fingerprint density at radius 1 is 1.38 bits per heavy atom. The molecule has 2 heterocycles. The number of para-hydroxylation sites is 1. The van der Waals surface area contributed by atoms with Crippen molar-refractivity contribution in [3.63, 3.8) is 0 Å². The third-order valence-electron chi connectivity index (χ3n) is 2.69. The number of hydrogen-bond donors (Lipinski definition) is 4. The van der Waals surface area contributed by atoms with Crippen LogP contribution in [0.3, 0.4) is 0 Å². The van der Waals surface area contributed by atoms with Gasteiger partial charge >= 0.3 is 12.1 Å². The zero-order valence-electron chi connectivity index (χ0n) is 10.6. The topological polar surface area (TPSA) is 101 Å². The molecule has 1 aromatic heterocycles. The zero-order chi connectivity index (χ0) is 15.6. The van der Waals surface area contributed by atoms with Gasteiger partial charge in [0.1, 0.15) is 17.6 Å². The van der Waals surface area contributed by atoms with Gasteiger partial charge < -0.3 is 14.8 Å². The van der Waals surface area contributed by atoms with Gasteiger partial charge in [0.2, 0.25) is 0 Å². The van der Waals surface area contributed by atoms with Crippen LogP contribution in [-0.4, -0.2) is 23.5 Å². The van der Waals surface area contributed by atoms with Gasteiger partial charge in [-0.3, -0.25) is 11.1 Å². The van der Waals surface area contributed by atoms with Crippen LogP contribution in [-0.2, 0) is 11.3 Å². The van der Waals surface area contributed by atoms with Gasteiger partial charge in [0, 0.05) is 5.39 Å². The SMILES string of the molecule is NC1NCc2oc3ccccc3c2N1.O=C(O)C(F)(F)F. The fraction of sp³-hybridized carbons (Fsp3) is 0.250. The Morgan fingerprint density at radius 2 is 2.00 bits per heavy atom. The second-order valence-electron chi connectivity index (χ2n) is 4.20. The molecule has 1 atom stereocenters. The fourth-order valence-electron chi connectivity index (χ4n) is 1.79. The van der Waals surface area contributed by atoms with Crippen LogP contribution in [0.2, 0.25) is 0 Å². The van der Waals surface area contributed by atoms with Crippen molar-refractivity contribution in [2.75, 3.05) is 5.32 Å². The van der Waals surface area contributed by atoms with E-state index in [9.17, 15) is 13.2 Å². The molecule has 9 heteroatoms. The summed E-state index contributed by atoms with van der Waals surface area (Å²) in [5.41, 5.74) is 7.66. The summed E-state index contributed by atoms with van der Waals surface area (Å²) in [6.07, 6.45) is -5.27. The lowest BCUT2D eigenvalue weighted by Gasteiger charge is -2.21. The molecule has 1 unspecified atom stereocenters. The van der Waals surface area contributed by atoms with Crippen LogP contribution in [0, 0.1) is 0 Å². The molecule has 0 fully saturated rings. The normalized spacial score (nSPS) is 17.4. The van der Waals surface area contributed by atoms with Gasteiger partial charge in [0.15, 0.2) is 0 Å². The number of aliphatic carboxylic acids is 1. The maximum Gasteiger partial charge on any atom is 0.490 e. The third kappa shape index (κ3) is 3.44. The number of furan rings is 1. The molecule has 1 aliphatic rings. The van der Waals surface area contributed by atoms with Crippen molar-refractivity contribution in [2.45, 2.75) is 19.0 Å². The third-order valence-corrected chi connectivity index (χ3v) is 2.69. The fourth-order valence-corrected chi connectivity index (χ4v) is 1.79. The van der Waals surface area contributed by atoms with Gasteiger partial charge in [0.05, 0.1) is 12.2 Å². The van der Waals surface area contributed by atoms with E-state index in [0.717, 1.165) is 22.4 Å². The summed E-state index contributed by atoms with van der Waals surface area (Å²) in [5, 5.41) is 14.4. The van der Waals surface area contributed by atoms with E-state index >= 15 is 0 Å². The predicted octanol–water partition coefficient (Wildman–Crippen LogP) is 1.82. The van der Waals surface area contributed by atoms with Crippen LogP contribution in [0.15, 0.2) is 28.7 Å². The number of carboxylic acid groups (broad SMARTS) is 1. The molecule has 114 valence electrons. The van der Waals surface area contributed by atoms with Crippen LogP contribution in [0.1, 0.15) is 5.76 Å². The lowest BCUT2D eigenvalue weighted by Crippen LogP contribution is -2.46. The minimum Gasteiger partial charge on any atom is -0.475 e. The molecular formula is C12H12F3N3O3. The van der Waals surface area contributed by atoms with E-state index in [4.69, 9.17) is 20.1 Å². The summed E-state index contributed by atoms with van der Waals surface area (Å²) in [6, 6.07) is 7.95. The Labute approximate surface area is 116 Å². The molecule has 1 aliphatic heterocycles. The highest BCUT2D eigenvalue weighted by atomic mass is 19.4. The molecule has 0 radical (unpaired) electrons. The van der Waals surface area contributed by atoms with Crippen molar-refractivity contribution >= 4 is 22.6 Å². The zero-order valence-corrected chi connectivity index (χ0v) is 10.6. The molecule has 21 heavy (non-hydrogen) atoms. The van der Waals surface area contributed by atoms with Crippen molar-refractivity contribution < 1.29 is 27.5 Å². The Bertz CT molecular complexity index is 654. The number of halogens is 3. The average Bonchev–Trinajstić information content (AvgIpc) is 2.76. The van der Waals surface area contributed by atoms with Gasteiger partial charge in [-0.1, -0.05) is 12.1 Å². The van der Waals surface area contributed by atoms with Gasteiger partial charge in [-0.25, -0.2) is 4.79 Å². The maximum absolute atomic E-state index is 10.6. The number of fused-ring (bicyclic) bond motifs is 3. The minimum atomic E-state index is -5.08. The number of hydrogen-bond acceptors (Lipinski definition) is 5. The second-order valence-corrected chi connectivity index (χ2v) is 4.20. The van der Waals surface area contributed by atoms with Crippen molar-refractivity contribution in [3.05, 3.63) is 30.0 Å². The van der Waals surface area contributed by atoms with Crippen LogP contribution in [0.25, 0.3) is 11.0 Å². The molecule has 2 aromatic rings. The number of anilines is 1. The smallest absolute Gasteiger partial charge is 0.475 e. The molecule has 0 amide bonds. The maximum atomic E-state index is 10.6. The number of nitrogens with one attached hydrogen (secondary N) is 2. The molecule has 0 saturated carbocycles. The molecule has 0 bridgehead atoms. The molecule has 6 nitrogen and oxygen atoms in total. The summed E-state index contributed by atoms with van der Waals surface area (Å²) in [4.78, 5) is 8.90. The first kappa shape index (κ1) is 15.1. The first-order chi connectivity index (χ1) is 9.79. The monoisotopic (exact) mass is 303 g/mol. The largest absolute Gasteiger partial charge is 0.490 e.